The minimum atomic E-state index is -0.361. The molecule has 0 saturated carbocycles. The van der Waals surface area contributed by atoms with Crippen molar-refractivity contribution in [2.24, 2.45) is 0 Å². The van der Waals surface area contributed by atoms with Crippen LogP contribution >= 0.6 is 0 Å². The number of nitrogens with one attached hydrogen (secondary N) is 2. The first-order chi connectivity index (χ1) is 13.1. The van der Waals surface area contributed by atoms with E-state index in [1.165, 1.54) is 0 Å². The first kappa shape index (κ1) is 20.1. The number of amides is 2. The van der Waals surface area contributed by atoms with Crippen LogP contribution in [-0.4, -0.2) is 45.2 Å². The summed E-state index contributed by atoms with van der Waals surface area (Å²) in [5.74, 6) is 1.39. The van der Waals surface area contributed by atoms with Gasteiger partial charge in [-0.05, 0) is 43.3 Å². The van der Waals surface area contributed by atoms with Crippen LogP contribution in [-0.2, 0) is 9.59 Å². The molecule has 0 radical (unpaired) electrons. The standard InChI is InChI=1S/C20H24N2O5/c1-15-3-5-18(6-4-15)27-14-20(24)22-13-19(23)21-11-12-26-17-9-7-16(25-2)8-10-17/h3-10H,11-14H2,1-2H3,(H,21,23)(H,22,24). The Morgan fingerprint density at radius 3 is 2.07 bits per heavy atom. The molecular weight excluding hydrogens is 348 g/mol. The molecule has 2 N–H and O–H groups in total. The zero-order chi connectivity index (χ0) is 19.5. The van der Waals surface area contributed by atoms with Gasteiger partial charge in [-0.15, -0.1) is 0 Å². The molecule has 7 heteroatoms. The SMILES string of the molecule is COc1ccc(OCCNC(=O)CNC(=O)COc2ccc(C)cc2)cc1. The van der Waals surface area contributed by atoms with Gasteiger partial charge in [-0.25, -0.2) is 0 Å². The van der Waals surface area contributed by atoms with Crippen molar-refractivity contribution in [3.8, 4) is 17.2 Å². The third-order valence-electron chi connectivity index (χ3n) is 3.59. The quantitative estimate of drug-likeness (QED) is 0.620. The predicted molar refractivity (Wildman–Crippen MR) is 101 cm³/mol. The summed E-state index contributed by atoms with van der Waals surface area (Å²) in [7, 11) is 1.60. The Balaban J connectivity index is 1.55. The molecular formula is C20H24N2O5. The van der Waals surface area contributed by atoms with Gasteiger partial charge in [-0.1, -0.05) is 17.7 Å². The van der Waals surface area contributed by atoms with E-state index in [9.17, 15) is 9.59 Å². The van der Waals surface area contributed by atoms with Gasteiger partial charge in [0, 0.05) is 0 Å². The summed E-state index contributed by atoms with van der Waals surface area (Å²) < 4.78 is 15.9. The fraction of sp³-hybridized carbons (Fsp3) is 0.300. The molecule has 0 saturated heterocycles. The second-order valence-electron chi connectivity index (χ2n) is 5.75. The molecule has 0 atom stereocenters. The monoisotopic (exact) mass is 372 g/mol. The first-order valence-electron chi connectivity index (χ1n) is 8.56. The van der Waals surface area contributed by atoms with E-state index in [0.717, 1.165) is 11.3 Å². The number of rotatable bonds is 10. The molecule has 0 aromatic heterocycles. The molecule has 2 aromatic rings. The van der Waals surface area contributed by atoms with Crippen LogP contribution in [0.1, 0.15) is 5.56 Å². The number of carbonyl (C=O) groups is 2. The van der Waals surface area contributed by atoms with Crippen molar-refractivity contribution in [3.63, 3.8) is 0 Å². The Hall–Kier alpha value is -3.22. The van der Waals surface area contributed by atoms with Crippen molar-refractivity contribution in [1.29, 1.82) is 0 Å². The number of methoxy groups -OCH3 is 1. The van der Waals surface area contributed by atoms with Crippen molar-refractivity contribution < 1.29 is 23.8 Å². The molecule has 0 fully saturated rings. The average Bonchev–Trinajstić information content (AvgIpc) is 2.69. The minimum Gasteiger partial charge on any atom is -0.497 e. The molecule has 0 aliphatic heterocycles. The number of carbonyl (C=O) groups excluding carboxylic acids is 2. The summed E-state index contributed by atoms with van der Waals surface area (Å²) in [5, 5.41) is 5.17. The normalized spacial score (nSPS) is 10.0. The van der Waals surface area contributed by atoms with E-state index in [1.807, 2.05) is 19.1 Å². The molecule has 2 rings (SSSR count). The number of hydrogen-bond acceptors (Lipinski definition) is 5. The van der Waals surface area contributed by atoms with Crippen molar-refractivity contribution in [2.75, 3.05) is 33.4 Å². The summed E-state index contributed by atoms with van der Waals surface area (Å²) in [6.45, 7) is 2.37. The lowest BCUT2D eigenvalue weighted by Gasteiger charge is -2.09. The van der Waals surface area contributed by atoms with Crippen LogP contribution in [0.4, 0.5) is 0 Å². The summed E-state index contributed by atoms with van der Waals surface area (Å²) in [4.78, 5) is 23.4. The Morgan fingerprint density at radius 1 is 0.815 bits per heavy atom. The van der Waals surface area contributed by atoms with E-state index >= 15 is 0 Å². The maximum absolute atomic E-state index is 11.7. The fourth-order valence-electron chi connectivity index (χ4n) is 2.11. The van der Waals surface area contributed by atoms with Crippen molar-refractivity contribution in [2.45, 2.75) is 6.92 Å². The van der Waals surface area contributed by atoms with E-state index in [1.54, 1.807) is 43.5 Å². The van der Waals surface area contributed by atoms with Crippen LogP contribution in [0.5, 0.6) is 17.2 Å². The first-order valence-corrected chi connectivity index (χ1v) is 8.56. The number of ether oxygens (including phenoxy) is 3. The highest BCUT2D eigenvalue weighted by Gasteiger charge is 2.06. The Labute approximate surface area is 158 Å². The van der Waals surface area contributed by atoms with Gasteiger partial charge in [0.1, 0.15) is 23.9 Å². The molecule has 27 heavy (non-hydrogen) atoms. The highest BCUT2D eigenvalue weighted by Crippen LogP contribution is 2.16. The second-order valence-corrected chi connectivity index (χ2v) is 5.75. The molecule has 0 heterocycles. The molecule has 144 valence electrons. The van der Waals surface area contributed by atoms with Gasteiger partial charge in [-0.2, -0.15) is 0 Å². The molecule has 0 aliphatic rings. The molecule has 7 nitrogen and oxygen atoms in total. The van der Waals surface area contributed by atoms with E-state index in [2.05, 4.69) is 10.6 Å². The summed E-state index contributed by atoms with van der Waals surface area (Å²) in [5.41, 5.74) is 1.11. The zero-order valence-electron chi connectivity index (χ0n) is 15.5. The lowest BCUT2D eigenvalue weighted by molar-refractivity contribution is -0.127. The maximum Gasteiger partial charge on any atom is 0.258 e. The van der Waals surface area contributed by atoms with Gasteiger partial charge >= 0.3 is 0 Å². The van der Waals surface area contributed by atoms with Gasteiger partial charge in [0.15, 0.2) is 6.61 Å². The molecule has 0 bridgehead atoms. The molecule has 0 aliphatic carbocycles. The van der Waals surface area contributed by atoms with Crippen molar-refractivity contribution in [3.05, 3.63) is 54.1 Å². The van der Waals surface area contributed by atoms with Crippen LogP contribution in [0.25, 0.3) is 0 Å². The van der Waals surface area contributed by atoms with Gasteiger partial charge in [0.05, 0.1) is 20.2 Å². The van der Waals surface area contributed by atoms with E-state index in [4.69, 9.17) is 14.2 Å². The van der Waals surface area contributed by atoms with Crippen molar-refractivity contribution in [1.82, 2.24) is 10.6 Å². The highest BCUT2D eigenvalue weighted by atomic mass is 16.5. The third kappa shape index (κ3) is 7.68. The van der Waals surface area contributed by atoms with E-state index in [-0.39, 0.29) is 25.0 Å². The zero-order valence-corrected chi connectivity index (χ0v) is 15.5. The molecule has 2 amide bonds. The summed E-state index contributed by atoms with van der Waals surface area (Å²) in [6, 6.07) is 14.5. The summed E-state index contributed by atoms with van der Waals surface area (Å²) >= 11 is 0. The number of aryl methyl sites for hydroxylation is 1. The van der Waals surface area contributed by atoms with Crippen LogP contribution in [0, 0.1) is 6.92 Å². The Kier molecular flexibility index (Phi) is 7.96. The fourth-order valence-corrected chi connectivity index (χ4v) is 2.11. The molecule has 0 spiro atoms. The lowest BCUT2D eigenvalue weighted by Crippen LogP contribution is -2.40. The minimum absolute atomic E-state index is 0.112. The Morgan fingerprint density at radius 2 is 1.41 bits per heavy atom. The predicted octanol–water partition coefficient (Wildman–Crippen LogP) is 1.69. The topological polar surface area (TPSA) is 85.9 Å². The van der Waals surface area contributed by atoms with Crippen LogP contribution in [0.2, 0.25) is 0 Å². The largest absolute Gasteiger partial charge is 0.497 e. The number of hydrogen-bond donors (Lipinski definition) is 2. The van der Waals surface area contributed by atoms with Gasteiger partial charge in [-0.3, -0.25) is 9.59 Å². The average molecular weight is 372 g/mol. The van der Waals surface area contributed by atoms with Crippen LogP contribution < -0.4 is 24.8 Å². The van der Waals surface area contributed by atoms with Gasteiger partial charge < -0.3 is 24.8 Å². The number of benzene rings is 2. The Bertz CT molecular complexity index is 729. The van der Waals surface area contributed by atoms with Crippen LogP contribution in [0.15, 0.2) is 48.5 Å². The van der Waals surface area contributed by atoms with E-state index < -0.39 is 0 Å². The smallest absolute Gasteiger partial charge is 0.258 e. The molecule has 0 unspecified atom stereocenters. The maximum atomic E-state index is 11.7. The summed E-state index contributed by atoms with van der Waals surface area (Å²) in [6.07, 6.45) is 0. The van der Waals surface area contributed by atoms with E-state index in [0.29, 0.717) is 24.7 Å². The second kappa shape index (κ2) is 10.7. The highest BCUT2D eigenvalue weighted by molar-refractivity contribution is 5.85. The third-order valence-corrected chi connectivity index (χ3v) is 3.59. The van der Waals surface area contributed by atoms with Crippen LogP contribution in [0.3, 0.4) is 0 Å². The lowest BCUT2D eigenvalue weighted by atomic mass is 10.2. The van der Waals surface area contributed by atoms with Crippen molar-refractivity contribution >= 4 is 11.8 Å². The molecule has 2 aromatic carbocycles. The van der Waals surface area contributed by atoms with Gasteiger partial charge in [0.25, 0.3) is 5.91 Å². The van der Waals surface area contributed by atoms with Gasteiger partial charge in [0.2, 0.25) is 5.91 Å².